The summed E-state index contributed by atoms with van der Waals surface area (Å²) in [5.74, 6) is -0.475. The molecule has 1 aliphatic rings. The zero-order valence-corrected chi connectivity index (χ0v) is 13.0. The zero-order chi connectivity index (χ0) is 15.2. The van der Waals surface area contributed by atoms with Crippen molar-refractivity contribution < 1.29 is 17.6 Å². The minimum atomic E-state index is -3.04. The van der Waals surface area contributed by atoms with E-state index in [1.165, 1.54) is 28.4 Å². The van der Waals surface area contributed by atoms with Gasteiger partial charge >= 0.3 is 0 Å². The van der Waals surface area contributed by atoms with Crippen molar-refractivity contribution in [1.82, 2.24) is 4.90 Å². The number of thiophene rings is 1. The van der Waals surface area contributed by atoms with Gasteiger partial charge in [-0.1, -0.05) is 6.07 Å². The van der Waals surface area contributed by atoms with Gasteiger partial charge in [0.2, 0.25) is 0 Å². The molecule has 1 saturated heterocycles. The highest BCUT2D eigenvalue weighted by Crippen LogP contribution is 2.29. The van der Waals surface area contributed by atoms with Crippen molar-refractivity contribution in [3.05, 3.63) is 35.0 Å². The van der Waals surface area contributed by atoms with Crippen LogP contribution in [0.4, 0.5) is 4.39 Å². The summed E-state index contributed by atoms with van der Waals surface area (Å²) in [7, 11) is -1.43. The molecule has 1 fully saturated rings. The van der Waals surface area contributed by atoms with Crippen molar-refractivity contribution in [2.45, 2.75) is 12.5 Å². The quantitative estimate of drug-likeness (QED) is 0.850. The van der Waals surface area contributed by atoms with Gasteiger partial charge in [0, 0.05) is 23.2 Å². The molecule has 7 heteroatoms. The van der Waals surface area contributed by atoms with Crippen LogP contribution in [0.15, 0.2) is 24.3 Å². The molecule has 112 valence electrons. The van der Waals surface area contributed by atoms with E-state index in [1.807, 2.05) is 0 Å². The number of nitrogens with zero attached hydrogens (tertiary/aromatic N) is 1. The second-order valence-electron chi connectivity index (χ2n) is 5.24. The zero-order valence-electron chi connectivity index (χ0n) is 11.4. The number of amides is 1. The van der Waals surface area contributed by atoms with E-state index in [0.29, 0.717) is 21.4 Å². The molecule has 0 N–H and O–H groups in total. The van der Waals surface area contributed by atoms with Crippen molar-refractivity contribution in [1.29, 1.82) is 0 Å². The summed E-state index contributed by atoms with van der Waals surface area (Å²) in [6.07, 6.45) is 0.462. The predicted octanol–water partition coefficient (Wildman–Crippen LogP) is 2.30. The van der Waals surface area contributed by atoms with Crippen LogP contribution in [0, 0.1) is 5.82 Å². The van der Waals surface area contributed by atoms with Crippen molar-refractivity contribution in [2.24, 2.45) is 0 Å². The van der Waals surface area contributed by atoms with E-state index in [-0.39, 0.29) is 29.3 Å². The monoisotopic (exact) mass is 327 g/mol. The Labute approximate surface area is 126 Å². The number of benzene rings is 1. The highest BCUT2D eigenvalue weighted by Gasteiger charge is 2.33. The minimum Gasteiger partial charge on any atom is -0.337 e. The van der Waals surface area contributed by atoms with E-state index < -0.39 is 9.84 Å². The molecule has 1 aliphatic heterocycles. The van der Waals surface area contributed by atoms with Crippen molar-refractivity contribution in [3.8, 4) is 0 Å². The third kappa shape index (κ3) is 2.67. The molecule has 0 bridgehead atoms. The van der Waals surface area contributed by atoms with E-state index in [0.717, 1.165) is 0 Å². The number of halogens is 1. The van der Waals surface area contributed by atoms with Crippen LogP contribution in [0.25, 0.3) is 10.1 Å². The molecule has 2 heterocycles. The summed E-state index contributed by atoms with van der Waals surface area (Å²) in [5, 5.41) is 0.429. The number of carbonyl (C=O) groups excluding carboxylic acids is 1. The number of hydrogen-bond donors (Lipinski definition) is 0. The van der Waals surface area contributed by atoms with E-state index in [4.69, 9.17) is 0 Å². The van der Waals surface area contributed by atoms with Gasteiger partial charge in [0.1, 0.15) is 5.82 Å². The molecule has 1 atom stereocenters. The minimum absolute atomic E-state index is 0.00843. The summed E-state index contributed by atoms with van der Waals surface area (Å²) in [4.78, 5) is 14.3. The first-order valence-corrected chi connectivity index (χ1v) is 9.17. The SMILES string of the molecule is CN(C(=O)c1cc2c(F)cccc2s1)C1CCS(=O)(=O)C1. The van der Waals surface area contributed by atoms with E-state index >= 15 is 0 Å². The van der Waals surface area contributed by atoms with Gasteiger partial charge in [-0.3, -0.25) is 4.79 Å². The van der Waals surface area contributed by atoms with Crippen LogP contribution in [0.1, 0.15) is 16.1 Å². The van der Waals surface area contributed by atoms with Crippen LogP contribution in [0.3, 0.4) is 0 Å². The molecular formula is C14H14FNO3S2. The topological polar surface area (TPSA) is 54.5 Å². The molecule has 1 amide bonds. The number of hydrogen-bond acceptors (Lipinski definition) is 4. The van der Waals surface area contributed by atoms with Gasteiger partial charge < -0.3 is 4.90 Å². The molecule has 1 aromatic heterocycles. The van der Waals surface area contributed by atoms with Gasteiger partial charge in [0.25, 0.3) is 5.91 Å². The molecule has 0 saturated carbocycles. The smallest absolute Gasteiger partial charge is 0.263 e. The van der Waals surface area contributed by atoms with Gasteiger partial charge in [0.05, 0.1) is 16.4 Å². The molecule has 0 aliphatic carbocycles. The van der Waals surface area contributed by atoms with Crippen LogP contribution in [-0.4, -0.2) is 43.8 Å². The molecule has 0 radical (unpaired) electrons. The molecule has 1 aromatic carbocycles. The maximum absolute atomic E-state index is 13.7. The largest absolute Gasteiger partial charge is 0.337 e. The molecule has 3 rings (SSSR count). The van der Waals surface area contributed by atoms with Crippen LogP contribution in [-0.2, 0) is 9.84 Å². The Morgan fingerprint density at radius 3 is 2.81 bits per heavy atom. The normalized spacial score (nSPS) is 20.8. The standard InChI is InChI=1S/C14H14FNO3S2/c1-16(9-5-6-21(18,19)8-9)14(17)13-7-10-11(15)3-2-4-12(10)20-13/h2-4,7,9H,5-6,8H2,1H3. The van der Waals surface area contributed by atoms with Gasteiger partial charge in [-0.05, 0) is 24.6 Å². The Morgan fingerprint density at radius 1 is 1.43 bits per heavy atom. The molecule has 4 nitrogen and oxygen atoms in total. The van der Waals surface area contributed by atoms with Crippen molar-refractivity contribution in [3.63, 3.8) is 0 Å². The third-order valence-electron chi connectivity index (χ3n) is 3.80. The van der Waals surface area contributed by atoms with Crippen molar-refractivity contribution >= 4 is 37.2 Å². The highest BCUT2D eigenvalue weighted by molar-refractivity contribution is 7.91. The second kappa shape index (κ2) is 5.06. The average Bonchev–Trinajstić information content (AvgIpc) is 3.01. The second-order valence-corrected chi connectivity index (χ2v) is 8.55. The fourth-order valence-electron chi connectivity index (χ4n) is 2.55. The first-order valence-electron chi connectivity index (χ1n) is 6.53. The lowest BCUT2D eigenvalue weighted by Crippen LogP contribution is -2.37. The highest BCUT2D eigenvalue weighted by atomic mass is 32.2. The van der Waals surface area contributed by atoms with E-state index in [2.05, 4.69) is 0 Å². The number of sulfone groups is 1. The van der Waals surface area contributed by atoms with E-state index in [1.54, 1.807) is 19.2 Å². The summed E-state index contributed by atoms with van der Waals surface area (Å²) < 4.78 is 37.4. The van der Waals surface area contributed by atoms with Crippen LogP contribution in [0.5, 0.6) is 0 Å². The third-order valence-corrected chi connectivity index (χ3v) is 6.63. The molecule has 0 spiro atoms. The van der Waals surface area contributed by atoms with E-state index in [9.17, 15) is 17.6 Å². The Balaban J connectivity index is 1.88. The Hall–Kier alpha value is -1.47. The summed E-state index contributed by atoms with van der Waals surface area (Å²) in [6.45, 7) is 0. The lowest BCUT2D eigenvalue weighted by molar-refractivity contribution is 0.0752. The molecular weight excluding hydrogens is 313 g/mol. The first-order chi connectivity index (χ1) is 9.87. The fraction of sp³-hybridized carbons (Fsp3) is 0.357. The maximum atomic E-state index is 13.7. The molecule has 2 aromatic rings. The Morgan fingerprint density at radius 2 is 2.19 bits per heavy atom. The summed E-state index contributed by atoms with van der Waals surface area (Å²) in [5.41, 5.74) is 0. The van der Waals surface area contributed by atoms with Gasteiger partial charge in [0.15, 0.2) is 9.84 Å². The lowest BCUT2D eigenvalue weighted by Gasteiger charge is -2.22. The number of carbonyl (C=O) groups is 1. The Bertz CT molecular complexity index is 813. The molecule has 21 heavy (non-hydrogen) atoms. The number of rotatable bonds is 2. The number of fused-ring (bicyclic) bond motifs is 1. The van der Waals surface area contributed by atoms with Gasteiger partial charge in [-0.15, -0.1) is 11.3 Å². The van der Waals surface area contributed by atoms with Gasteiger partial charge in [-0.2, -0.15) is 0 Å². The fourth-order valence-corrected chi connectivity index (χ4v) is 5.38. The average molecular weight is 327 g/mol. The van der Waals surface area contributed by atoms with Crippen LogP contribution >= 0.6 is 11.3 Å². The maximum Gasteiger partial charge on any atom is 0.263 e. The Kier molecular flexibility index (Phi) is 3.49. The first kappa shape index (κ1) is 14.5. The molecule has 1 unspecified atom stereocenters. The summed E-state index contributed by atoms with van der Waals surface area (Å²) in [6, 6.07) is 5.97. The van der Waals surface area contributed by atoms with Crippen LogP contribution < -0.4 is 0 Å². The van der Waals surface area contributed by atoms with Crippen molar-refractivity contribution in [2.75, 3.05) is 18.6 Å². The lowest BCUT2D eigenvalue weighted by atomic mass is 10.2. The predicted molar refractivity (Wildman–Crippen MR) is 80.9 cm³/mol. The summed E-state index contributed by atoms with van der Waals surface area (Å²) >= 11 is 1.23. The van der Waals surface area contributed by atoms with Gasteiger partial charge in [-0.25, -0.2) is 12.8 Å². The van der Waals surface area contributed by atoms with Crippen LogP contribution in [0.2, 0.25) is 0 Å².